The molecule has 4 aliphatic rings. The standard InChI is InChI=1S/C18H22N6O/c1-11-6-12(22-16-13-7-19-8-14(13)20-10-21-16)9-24-15(11)17(25)23-18(24)4-2-3-5-18/h6,10,19H,2-5,7-9H2,1H3,(H,23,25)(H,20,21,22). The summed E-state index contributed by atoms with van der Waals surface area (Å²) in [7, 11) is 0. The van der Waals surface area contributed by atoms with E-state index >= 15 is 0 Å². The van der Waals surface area contributed by atoms with Crippen LogP contribution in [-0.2, 0) is 17.9 Å². The fourth-order valence-corrected chi connectivity index (χ4v) is 4.63. The molecule has 1 aromatic heterocycles. The first-order valence-corrected chi connectivity index (χ1v) is 8.98. The Hall–Kier alpha value is -2.41. The minimum atomic E-state index is -0.190. The van der Waals surface area contributed by atoms with Crippen molar-refractivity contribution in [1.82, 2.24) is 25.5 Å². The van der Waals surface area contributed by atoms with Gasteiger partial charge in [0.25, 0.3) is 5.91 Å². The summed E-state index contributed by atoms with van der Waals surface area (Å²) in [6.45, 7) is 4.31. The van der Waals surface area contributed by atoms with E-state index in [0.717, 1.165) is 60.0 Å². The van der Waals surface area contributed by atoms with Gasteiger partial charge in [0.1, 0.15) is 23.5 Å². The SMILES string of the molecule is CC1=C2C(=O)NC3(CCCC3)N2CC(Nc2ncnc3c2CNC3)=C1. The van der Waals surface area contributed by atoms with Crippen molar-refractivity contribution in [3.8, 4) is 0 Å². The Bertz CT molecular complexity index is 821. The van der Waals surface area contributed by atoms with Crippen molar-refractivity contribution >= 4 is 11.7 Å². The zero-order valence-electron chi connectivity index (χ0n) is 14.4. The van der Waals surface area contributed by atoms with E-state index in [0.29, 0.717) is 6.54 Å². The van der Waals surface area contributed by atoms with Crippen LogP contribution in [0.2, 0.25) is 0 Å². The molecule has 7 heteroatoms. The maximum atomic E-state index is 12.5. The molecule has 1 spiro atoms. The fourth-order valence-electron chi connectivity index (χ4n) is 4.63. The van der Waals surface area contributed by atoms with Gasteiger partial charge in [0.15, 0.2) is 0 Å². The average Bonchev–Trinajstić information content (AvgIpc) is 3.29. The minimum Gasteiger partial charge on any atom is -0.342 e. The van der Waals surface area contributed by atoms with Crippen LogP contribution in [0.4, 0.5) is 5.82 Å². The Morgan fingerprint density at radius 1 is 1.24 bits per heavy atom. The van der Waals surface area contributed by atoms with Gasteiger partial charge in [-0.2, -0.15) is 0 Å². The van der Waals surface area contributed by atoms with Crippen molar-refractivity contribution in [3.63, 3.8) is 0 Å². The second-order valence-corrected chi connectivity index (χ2v) is 7.36. The monoisotopic (exact) mass is 338 g/mol. The second-order valence-electron chi connectivity index (χ2n) is 7.36. The van der Waals surface area contributed by atoms with Crippen LogP contribution in [0.25, 0.3) is 0 Å². The number of nitrogens with zero attached hydrogens (tertiary/aromatic N) is 3. The number of hydrogen-bond donors (Lipinski definition) is 3. The van der Waals surface area contributed by atoms with Crippen molar-refractivity contribution in [2.75, 3.05) is 11.9 Å². The van der Waals surface area contributed by atoms with Crippen LogP contribution >= 0.6 is 0 Å². The Kier molecular flexibility index (Phi) is 3.15. The summed E-state index contributed by atoms with van der Waals surface area (Å²) in [6.07, 6.45) is 8.08. The van der Waals surface area contributed by atoms with Gasteiger partial charge in [-0.25, -0.2) is 9.97 Å². The third kappa shape index (κ3) is 2.18. The van der Waals surface area contributed by atoms with Crippen LogP contribution in [0.1, 0.15) is 43.9 Å². The number of aromatic nitrogens is 2. The zero-order valence-corrected chi connectivity index (χ0v) is 14.4. The number of hydrogen-bond acceptors (Lipinski definition) is 6. The molecule has 3 aliphatic heterocycles. The molecule has 1 aromatic rings. The molecule has 0 atom stereocenters. The van der Waals surface area contributed by atoms with Gasteiger partial charge in [-0.05, 0) is 44.3 Å². The third-order valence-electron chi connectivity index (χ3n) is 5.78. The molecule has 130 valence electrons. The first kappa shape index (κ1) is 14.9. The molecular weight excluding hydrogens is 316 g/mol. The smallest absolute Gasteiger partial charge is 0.269 e. The molecule has 25 heavy (non-hydrogen) atoms. The quantitative estimate of drug-likeness (QED) is 0.755. The number of rotatable bonds is 2. The maximum absolute atomic E-state index is 12.5. The van der Waals surface area contributed by atoms with Gasteiger partial charge in [-0.1, -0.05) is 0 Å². The van der Waals surface area contributed by atoms with Crippen molar-refractivity contribution in [2.24, 2.45) is 0 Å². The van der Waals surface area contributed by atoms with Crippen LogP contribution in [0.15, 0.2) is 29.4 Å². The van der Waals surface area contributed by atoms with Crippen LogP contribution in [0.5, 0.6) is 0 Å². The Balaban J connectivity index is 1.48. The van der Waals surface area contributed by atoms with E-state index in [4.69, 9.17) is 0 Å². The van der Waals surface area contributed by atoms with E-state index in [2.05, 4.69) is 36.9 Å². The summed E-state index contributed by atoms with van der Waals surface area (Å²) < 4.78 is 0. The lowest BCUT2D eigenvalue weighted by Gasteiger charge is -2.38. The summed E-state index contributed by atoms with van der Waals surface area (Å²) in [4.78, 5) is 23.6. The van der Waals surface area contributed by atoms with Gasteiger partial charge >= 0.3 is 0 Å². The van der Waals surface area contributed by atoms with Crippen LogP contribution in [0, 0.1) is 0 Å². The topological polar surface area (TPSA) is 82.2 Å². The molecule has 3 N–H and O–H groups in total. The number of amides is 1. The summed E-state index contributed by atoms with van der Waals surface area (Å²) in [5, 5.41) is 10.1. The van der Waals surface area contributed by atoms with E-state index in [-0.39, 0.29) is 11.6 Å². The lowest BCUT2D eigenvalue weighted by atomic mass is 10.0. The number of allylic oxidation sites excluding steroid dienone is 2. The minimum absolute atomic E-state index is 0.0711. The van der Waals surface area contributed by atoms with Gasteiger partial charge < -0.3 is 20.9 Å². The van der Waals surface area contributed by atoms with Crippen LogP contribution in [0.3, 0.4) is 0 Å². The first-order valence-electron chi connectivity index (χ1n) is 8.98. The molecular formula is C18H22N6O. The van der Waals surface area contributed by atoms with E-state index in [1.54, 1.807) is 6.33 Å². The zero-order chi connectivity index (χ0) is 17.0. The number of carbonyl (C=O) groups excluding carboxylic acids is 1. The number of anilines is 1. The molecule has 7 nitrogen and oxygen atoms in total. The molecule has 1 amide bonds. The number of nitrogens with one attached hydrogen (secondary N) is 3. The van der Waals surface area contributed by atoms with Gasteiger partial charge in [0.2, 0.25) is 0 Å². The third-order valence-corrected chi connectivity index (χ3v) is 5.78. The highest BCUT2D eigenvalue weighted by molar-refractivity contribution is 5.97. The van der Waals surface area contributed by atoms with E-state index in [9.17, 15) is 4.79 Å². The Morgan fingerprint density at radius 3 is 2.92 bits per heavy atom. The summed E-state index contributed by atoms with van der Waals surface area (Å²) in [5.41, 5.74) is 4.94. The van der Waals surface area contributed by atoms with Crippen molar-refractivity contribution in [1.29, 1.82) is 0 Å². The molecule has 1 saturated carbocycles. The van der Waals surface area contributed by atoms with Gasteiger partial charge in [0, 0.05) is 24.4 Å². The molecule has 1 saturated heterocycles. The molecule has 0 unspecified atom stereocenters. The fraction of sp³-hybridized carbons (Fsp3) is 0.500. The van der Waals surface area contributed by atoms with Crippen LogP contribution < -0.4 is 16.0 Å². The largest absolute Gasteiger partial charge is 0.342 e. The predicted molar refractivity (Wildman–Crippen MR) is 93.0 cm³/mol. The molecule has 5 rings (SSSR count). The molecule has 0 aromatic carbocycles. The summed E-state index contributed by atoms with van der Waals surface area (Å²) in [6, 6.07) is 0. The normalized spacial score (nSPS) is 23.6. The van der Waals surface area contributed by atoms with Gasteiger partial charge in [0.05, 0.1) is 12.2 Å². The van der Waals surface area contributed by atoms with Gasteiger partial charge in [-0.15, -0.1) is 0 Å². The molecule has 1 aliphatic carbocycles. The molecule has 2 fully saturated rings. The van der Waals surface area contributed by atoms with E-state index in [1.807, 2.05) is 6.92 Å². The second kappa shape index (κ2) is 5.29. The number of carbonyl (C=O) groups is 1. The summed E-state index contributed by atoms with van der Waals surface area (Å²) >= 11 is 0. The molecule has 4 heterocycles. The van der Waals surface area contributed by atoms with Crippen molar-refractivity contribution in [2.45, 2.75) is 51.4 Å². The lowest BCUT2D eigenvalue weighted by molar-refractivity contribution is -0.117. The highest BCUT2D eigenvalue weighted by Crippen LogP contribution is 2.42. The highest BCUT2D eigenvalue weighted by Gasteiger charge is 2.50. The first-order chi connectivity index (χ1) is 12.2. The number of fused-ring (bicyclic) bond motifs is 3. The lowest BCUT2D eigenvalue weighted by Crippen LogP contribution is -2.50. The van der Waals surface area contributed by atoms with E-state index in [1.165, 1.54) is 12.8 Å². The van der Waals surface area contributed by atoms with Crippen LogP contribution in [-0.4, -0.2) is 33.0 Å². The van der Waals surface area contributed by atoms with Crippen molar-refractivity contribution in [3.05, 3.63) is 40.6 Å². The average molecular weight is 338 g/mol. The van der Waals surface area contributed by atoms with E-state index < -0.39 is 0 Å². The van der Waals surface area contributed by atoms with Gasteiger partial charge in [-0.3, -0.25) is 4.79 Å². The maximum Gasteiger partial charge on any atom is 0.269 e. The highest BCUT2D eigenvalue weighted by atomic mass is 16.2. The Morgan fingerprint density at radius 2 is 2.08 bits per heavy atom. The summed E-state index contributed by atoms with van der Waals surface area (Å²) in [5.74, 6) is 0.943. The van der Waals surface area contributed by atoms with Crippen molar-refractivity contribution < 1.29 is 4.79 Å². The predicted octanol–water partition coefficient (Wildman–Crippen LogP) is 1.37. The Labute approximate surface area is 146 Å². The molecule has 0 radical (unpaired) electrons. The molecule has 0 bridgehead atoms.